The average Bonchev–Trinajstić information content (AvgIpc) is 3.24. The van der Waals surface area contributed by atoms with E-state index in [2.05, 4.69) is 10.5 Å². The molecule has 0 radical (unpaired) electrons. The average molecular weight is 429 g/mol. The van der Waals surface area contributed by atoms with Gasteiger partial charge in [-0.05, 0) is 54.1 Å². The van der Waals surface area contributed by atoms with Crippen LogP contribution in [0.5, 0.6) is 5.75 Å². The first kappa shape index (κ1) is 20.4. The van der Waals surface area contributed by atoms with Gasteiger partial charge in [-0.15, -0.1) is 0 Å². The van der Waals surface area contributed by atoms with Crippen molar-refractivity contribution in [3.05, 3.63) is 93.9 Å². The van der Waals surface area contributed by atoms with Gasteiger partial charge in [0.05, 0.1) is 12.5 Å². The van der Waals surface area contributed by atoms with Crippen LogP contribution < -0.4 is 10.2 Å². The van der Waals surface area contributed by atoms with Gasteiger partial charge in [0, 0.05) is 21.7 Å². The van der Waals surface area contributed by atoms with Gasteiger partial charge in [-0.3, -0.25) is 4.79 Å². The zero-order chi connectivity index (χ0) is 20.6. The zero-order valence-corrected chi connectivity index (χ0v) is 16.4. The molecule has 0 aliphatic heterocycles. The number of ether oxygens (including phenoxy) is 1. The van der Waals surface area contributed by atoms with Crippen molar-refractivity contribution in [3.63, 3.8) is 0 Å². The zero-order valence-electron chi connectivity index (χ0n) is 14.8. The summed E-state index contributed by atoms with van der Waals surface area (Å²) in [4.78, 5) is 24.0. The molecule has 0 atom stereocenters. The number of halogens is 2. The summed E-state index contributed by atoms with van der Waals surface area (Å²) < 4.78 is 10.3. The van der Waals surface area contributed by atoms with E-state index in [4.69, 9.17) is 32.4 Å². The lowest BCUT2D eigenvalue weighted by Gasteiger charge is -2.06. The number of benzene rings is 2. The number of carbonyl (C=O) groups excluding carboxylic acids is 2. The first-order chi connectivity index (χ1) is 14.0. The third-order valence-corrected chi connectivity index (χ3v) is 4.07. The molecular weight excluding hydrogens is 415 g/mol. The Morgan fingerprint density at radius 3 is 2.52 bits per heavy atom. The molecule has 6 nitrogen and oxygen atoms in total. The number of hydrazone groups is 1. The first-order valence-electron chi connectivity index (χ1n) is 8.33. The Morgan fingerprint density at radius 2 is 1.79 bits per heavy atom. The fourth-order valence-electron chi connectivity index (χ4n) is 2.22. The lowest BCUT2D eigenvalue weighted by molar-refractivity contribution is -0.128. The third-order valence-electron chi connectivity index (χ3n) is 3.58. The van der Waals surface area contributed by atoms with E-state index in [1.54, 1.807) is 48.5 Å². The Balaban J connectivity index is 1.67. The summed E-state index contributed by atoms with van der Waals surface area (Å²) in [7, 11) is 0. The number of hydrogen-bond donors (Lipinski definition) is 1. The van der Waals surface area contributed by atoms with Crippen molar-refractivity contribution in [1.29, 1.82) is 0 Å². The molecular formula is C21H14Cl2N2O4. The number of esters is 1. The van der Waals surface area contributed by atoms with Gasteiger partial charge >= 0.3 is 11.9 Å². The van der Waals surface area contributed by atoms with Crippen LogP contribution in [0.4, 0.5) is 0 Å². The molecule has 1 amide bonds. The van der Waals surface area contributed by atoms with E-state index in [1.807, 2.05) is 0 Å². The van der Waals surface area contributed by atoms with E-state index in [0.717, 1.165) is 5.56 Å². The van der Waals surface area contributed by atoms with Crippen molar-refractivity contribution in [2.24, 2.45) is 5.10 Å². The van der Waals surface area contributed by atoms with Crippen molar-refractivity contribution < 1.29 is 18.7 Å². The van der Waals surface area contributed by atoms with Crippen molar-refractivity contribution in [2.45, 2.75) is 0 Å². The standard InChI is InChI=1S/C21H14Cl2N2O4/c22-16-6-3-14(4-7-16)5-10-20(26)29-18-9-8-17(23)12-15(18)13-24-25-21(27)19-2-1-11-28-19/h1-13H,(H,25,27)/b10-5+,24-13+. The van der Waals surface area contributed by atoms with Crippen LogP contribution in [0.3, 0.4) is 0 Å². The molecule has 0 unspecified atom stereocenters. The maximum absolute atomic E-state index is 12.1. The predicted molar refractivity (Wildman–Crippen MR) is 111 cm³/mol. The van der Waals surface area contributed by atoms with Gasteiger partial charge in [-0.1, -0.05) is 35.3 Å². The molecule has 1 aromatic heterocycles. The second-order valence-electron chi connectivity index (χ2n) is 5.66. The molecule has 0 saturated heterocycles. The molecule has 0 spiro atoms. The van der Waals surface area contributed by atoms with Crippen molar-refractivity contribution in [2.75, 3.05) is 0 Å². The Hall–Kier alpha value is -3.35. The molecule has 146 valence electrons. The molecule has 0 aliphatic carbocycles. The number of nitrogens with zero attached hydrogens (tertiary/aromatic N) is 1. The molecule has 3 rings (SSSR count). The monoisotopic (exact) mass is 428 g/mol. The van der Waals surface area contributed by atoms with Crippen LogP contribution in [-0.2, 0) is 4.79 Å². The number of carbonyl (C=O) groups is 2. The van der Waals surface area contributed by atoms with Gasteiger partial charge in [0.1, 0.15) is 5.75 Å². The summed E-state index contributed by atoms with van der Waals surface area (Å²) in [6, 6.07) is 14.7. The van der Waals surface area contributed by atoms with E-state index in [-0.39, 0.29) is 11.5 Å². The second kappa shape index (κ2) is 9.73. The normalized spacial score (nSPS) is 11.1. The number of furan rings is 1. The van der Waals surface area contributed by atoms with Gasteiger partial charge in [-0.25, -0.2) is 10.2 Å². The molecule has 0 bridgehead atoms. The van der Waals surface area contributed by atoms with Crippen LogP contribution in [0.1, 0.15) is 21.7 Å². The summed E-state index contributed by atoms with van der Waals surface area (Å²) in [5.74, 6) is -0.752. The van der Waals surface area contributed by atoms with Crippen LogP contribution in [0.15, 0.2) is 76.5 Å². The van der Waals surface area contributed by atoms with Gasteiger partial charge in [0.15, 0.2) is 5.76 Å². The lowest BCUT2D eigenvalue weighted by Crippen LogP contribution is -2.16. The molecule has 29 heavy (non-hydrogen) atoms. The van der Waals surface area contributed by atoms with E-state index >= 15 is 0 Å². The highest BCUT2D eigenvalue weighted by Gasteiger charge is 2.09. The van der Waals surface area contributed by atoms with Crippen LogP contribution in [0.25, 0.3) is 6.08 Å². The number of nitrogens with one attached hydrogen (secondary N) is 1. The van der Waals surface area contributed by atoms with E-state index < -0.39 is 11.9 Å². The quantitative estimate of drug-likeness (QED) is 0.197. The highest BCUT2D eigenvalue weighted by Crippen LogP contribution is 2.22. The van der Waals surface area contributed by atoms with Crippen molar-refractivity contribution in [1.82, 2.24) is 5.43 Å². The fraction of sp³-hybridized carbons (Fsp3) is 0. The predicted octanol–water partition coefficient (Wildman–Crippen LogP) is 4.97. The topological polar surface area (TPSA) is 80.9 Å². The smallest absolute Gasteiger partial charge is 0.336 e. The Kier molecular flexibility index (Phi) is 6.84. The largest absolute Gasteiger partial charge is 0.459 e. The minimum absolute atomic E-state index is 0.118. The Morgan fingerprint density at radius 1 is 1.03 bits per heavy atom. The van der Waals surface area contributed by atoms with E-state index in [9.17, 15) is 9.59 Å². The lowest BCUT2D eigenvalue weighted by atomic mass is 10.2. The van der Waals surface area contributed by atoms with Gasteiger partial charge < -0.3 is 9.15 Å². The number of rotatable bonds is 6. The Bertz CT molecular complexity index is 1060. The molecule has 2 aromatic carbocycles. The maximum Gasteiger partial charge on any atom is 0.336 e. The minimum Gasteiger partial charge on any atom is -0.459 e. The van der Waals surface area contributed by atoms with Crippen molar-refractivity contribution >= 4 is 47.4 Å². The molecule has 1 N–H and O–H groups in total. The highest BCUT2D eigenvalue weighted by molar-refractivity contribution is 6.31. The summed E-state index contributed by atoms with van der Waals surface area (Å²) >= 11 is 11.8. The van der Waals surface area contributed by atoms with E-state index in [1.165, 1.54) is 30.7 Å². The third kappa shape index (κ3) is 6.07. The second-order valence-corrected chi connectivity index (χ2v) is 6.54. The van der Waals surface area contributed by atoms with Gasteiger partial charge in [0.25, 0.3) is 0 Å². The SMILES string of the molecule is O=C(/C=C/c1ccc(Cl)cc1)Oc1ccc(Cl)cc1/C=N/NC(=O)c1ccco1. The van der Waals surface area contributed by atoms with Crippen molar-refractivity contribution in [3.8, 4) is 5.75 Å². The van der Waals surface area contributed by atoms with Gasteiger partial charge in [-0.2, -0.15) is 5.10 Å². The molecule has 8 heteroatoms. The molecule has 3 aromatic rings. The van der Waals surface area contributed by atoms with E-state index in [0.29, 0.717) is 15.6 Å². The van der Waals surface area contributed by atoms with Crippen LogP contribution in [0, 0.1) is 0 Å². The van der Waals surface area contributed by atoms with Crippen LogP contribution >= 0.6 is 23.2 Å². The Labute approximate surface area is 176 Å². The summed E-state index contributed by atoms with van der Waals surface area (Å²) in [5.41, 5.74) is 3.52. The molecule has 0 aliphatic rings. The molecule has 1 heterocycles. The summed E-state index contributed by atoms with van der Waals surface area (Å²) in [5, 5.41) is 4.87. The highest BCUT2D eigenvalue weighted by atomic mass is 35.5. The van der Waals surface area contributed by atoms with Crippen LogP contribution in [0.2, 0.25) is 10.0 Å². The number of amides is 1. The van der Waals surface area contributed by atoms with Crippen LogP contribution in [-0.4, -0.2) is 18.1 Å². The maximum atomic E-state index is 12.1. The van der Waals surface area contributed by atoms with Gasteiger partial charge in [0.2, 0.25) is 0 Å². The minimum atomic E-state index is -0.587. The fourth-order valence-corrected chi connectivity index (χ4v) is 2.52. The molecule has 0 fully saturated rings. The first-order valence-corrected chi connectivity index (χ1v) is 9.09. The summed E-state index contributed by atoms with van der Waals surface area (Å²) in [6.45, 7) is 0. The summed E-state index contributed by atoms with van der Waals surface area (Å²) in [6.07, 6.45) is 5.59. The molecule has 0 saturated carbocycles. The number of hydrogen-bond acceptors (Lipinski definition) is 5.